The number of benzene rings is 2. The maximum Gasteiger partial charge on any atom is 0.240 e. The van der Waals surface area contributed by atoms with Crippen LogP contribution in [0.15, 0.2) is 54.6 Å². The van der Waals surface area contributed by atoms with Gasteiger partial charge in [0, 0.05) is 11.6 Å². The Morgan fingerprint density at radius 3 is 2.50 bits per heavy atom. The normalized spacial score (nSPS) is 20.8. The summed E-state index contributed by atoms with van der Waals surface area (Å²) in [4.78, 5) is 12.4. The lowest BCUT2D eigenvalue weighted by Gasteiger charge is -2.18. The third-order valence-corrected chi connectivity index (χ3v) is 3.86. The van der Waals surface area contributed by atoms with E-state index in [1.807, 2.05) is 54.6 Å². The molecule has 2 atom stereocenters. The van der Waals surface area contributed by atoms with E-state index in [4.69, 9.17) is 11.6 Å². The molecule has 0 aromatic heterocycles. The van der Waals surface area contributed by atoms with Crippen LogP contribution in [0, 0.1) is 0 Å². The second-order valence-corrected chi connectivity index (χ2v) is 5.56. The zero-order valence-electron chi connectivity index (χ0n) is 11.8. The molecule has 1 saturated heterocycles. The Morgan fingerprint density at radius 1 is 1.05 bits per heavy atom. The summed E-state index contributed by atoms with van der Waals surface area (Å²) in [6.07, 6.45) is 0. The van der Waals surface area contributed by atoms with Crippen LogP contribution in [0.25, 0.3) is 0 Å². The first-order valence-electron chi connectivity index (χ1n) is 7.07. The summed E-state index contributed by atoms with van der Waals surface area (Å²) in [6.45, 7) is 0.468. The van der Waals surface area contributed by atoms with Crippen LogP contribution in [0.1, 0.15) is 17.2 Å². The molecule has 1 fully saturated rings. The molecule has 2 aromatic rings. The van der Waals surface area contributed by atoms with Crippen molar-refractivity contribution in [3.8, 4) is 0 Å². The van der Waals surface area contributed by atoms with Crippen molar-refractivity contribution in [2.75, 3.05) is 0 Å². The minimum atomic E-state index is -0.380. The number of rotatable bonds is 4. The Balaban J connectivity index is 1.62. The molecule has 114 valence electrons. The van der Waals surface area contributed by atoms with Gasteiger partial charge in [-0.2, -0.15) is 5.53 Å². The smallest absolute Gasteiger partial charge is 0.240 e. The van der Waals surface area contributed by atoms with Crippen molar-refractivity contribution in [2.45, 2.75) is 18.6 Å². The van der Waals surface area contributed by atoms with E-state index in [9.17, 15) is 4.79 Å². The van der Waals surface area contributed by atoms with E-state index >= 15 is 0 Å². The number of hydrogen-bond donors (Lipinski definition) is 4. The zero-order valence-corrected chi connectivity index (χ0v) is 12.6. The minimum Gasteiger partial charge on any atom is -0.351 e. The Morgan fingerprint density at radius 2 is 1.77 bits per heavy atom. The van der Waals surface area contributed by atoms with Crippen molar-refractivity contribution in [1.29, 1.82) is 0 Å². The van der Waals surface area contributed by atoms with Gasteiger partial charge in [0.1, 0.15) is 6.04 Å². The van der Waals surface area contributed by atoms with E-state index in [0.717, 1.165) is 11.1 Å². The maximum absolute atomic E-state index is 12.4. The summed E-state index contributed by atoms with van der Waals surface area (Å²) >= 11 is 5.85. The fraction of sp³-hybridized carbons (Fsp3) is 0.188. The van der Waals surface area contributed by atoms with Crippen LogP contribution >= 0.6 is 11.6 Å². The van der Waals surface area contributed by atoms with Crippen molar-refractivity contribution in [3.63, 3.8) is 0 Å². The van der Waals surface area contributed by atoms with Crippen LogP contribution in [0.3, 0.4) is 0 Å². The van der Waals surface area contributed by atoms with E-state index in [1.54, 1.807) is 0 Å². The molecule has 1 amide bonds. The highest BCUT2D eigenvalue weighted by Gasteiger charge is 2.33. The first-order chi connectivity index (χ1) is 10.7. The number of carbonyl (C=O) groups is 1. The molecule has 2 aromatic carbocycles. The molecule has 3 rings (SSSR count). The third-order valence-electron chi connectivity index (χ3n) is 3.61. The van der Waals surface area contributed by atoms with Crippen molar-refractivity contribution in [1.82, 2.24) is 21.7 Å². The van der Waals surface area contributed by atoms with Gasteiger partial charge in [-0.1, -0.05) is 54.1 Å². The number of amides is 1. The fourth-order valence-electron chi connectivity index (χ4n) is 2.42. The lowest BCUT2D eigenvalue weighted by Crippen LogP contribution is -2.44. The second kappa shape index (κ2) is 6.89. The Bertz CT molecular complexity index is 632. The lowest BCUT2D eigenvalue weighted by molar-refractivity contribution is -0.123. The molecule has 0 bridgehead atoms. The van der Waals surface area contributed by atoms with Gasteiger partial charge in [0.15, 0.2) is 0 Å². The molecular weight excluding hydrogens is 300 g/mol. The summed E-state index contributed by atoms with van der Waals surface area (Å²) in [5.41, 5.74) is 10.9. The molecule has 4 N–H and O–H groups in total. The van der Waals surface area contributed by atoms with Gasteiger partial charge in [-0.15, -0.1) is 0 Å². The molecule has 0 saturated carbocycles. The van der Waals surface area contributed by atoms with Crippen molar-refractivity contribution in [3.05, 3.63) is 70.7 Å². The van der Waals surface area contributed by atoms with Gasteiger partial charge < -0.3 is 5.32 Å². The van der Waals surface area contributed by atoms with E-state index in [0.29, 0.717) is 11.6 Å². The summed E-state index contributed by atoms with van der Waals surface area (Å²) < 4.78 is 0. The number of hydrogen-bond acceptors (Lipinski definition) is 4. The maximum atomic E-state index is 12.4. The Kier molecular flexibility index (Phi) is 4.70. The molecular formula is C16H17ClN4O. The van der Waals surface area contributed by atoms with E-state index in [1.165, 1.54) is 0 Å². The highest BCUT2D eigenvalue weighted by molar-refractivity contribution is 6.30. The van der Waals surface area contributed by atoms with Crippen LogP contribution in [-0.4, -0.2) is 11.9 Å². The van der Waals surface area contributed by atoms with Crippen molar-refractivity contribution >= 4 is 17.5 Å². The monoisotopic (exact) mass is 316 g/mol. The molecule has 1 aliphatic heterocycles. The standard InChI is InChI=1S/C16H17ClN4O/c17-13-8-6-11(7-9-13)10-18-16(22)15-14(19-21-20-15)12-4-2-1-3-5-12/h1-9,14-15,19-21H,10H2,(H,18,22). The van der Waals surface area contributed by atoms with Crippen LogP contribution in [0.2, 0.25) is 5.02 Å². The largest absolute Gasteiger partial charge is 0.351 e. The van der Waals surface area contributed by atoms with Crippen LogP contribution in [0.4, 0.5) is 0 Å². The molecule has 0 radical (unpaired) electrons. The average molecular weight is 317 g/mol. The predicted octanol–water partition coefficient (Wildman–Crippen LogP) is 1.68. The fourth-order valence-corrected chi connectivity index (χ4v) is 2.54. The summed E-state index contributed by atoms with van der Waals surface area (Å²) in [6, 6.07) is 16.8. The third kappa shape index (κ3) is 3.45. The lowest BCUT2D eigenvalue weighted by atomic mass is 10.0. The molecule has 5 nitrogen and oxygen atoms in total. The van der Waals surface area contributed by atoms with Gasteiger partial charge in [0.05, 0.1) is 6.04 Å². The Hall–Kier alpha value is -1.92. The van der Waals surface area contributed by atoms with E-state index < -0.39 is 0 Å². The van der Waals surface area contributed by atoms with Crippen LogP contribution in [0.5, 0.6) is 0 Å². The second-order valence-electron chi connectivity index (χ2n) is 5.12. The predicted molar refractivity (Wildman–Crippen MR) is 85.7 cm³/mol. The molecule has 0 aliphatic carbocycles. The van der Waals surface area contributed by atoms with Gasteiger partial charge in [-0.05, 0) is 23.3 Å². The zero-order chi connectivity index (χ0) is 15.4. The number of hydrazine groups is 2. The average Bonchev–Trinajstić information content (AvgIpc) is 3.04. The van der Waals surface area contributed by atoms with Gasteiger partial charge in [-0.3, -0.25) is 4.79 Å². The van der Waals surface area contributed by atoms with Crippen molar-refractivity contribution in [2.24, 2.45) is 0 Å². The summed E-state index contributed by atoms with van der Waals surface area (Å²) in [5.74, 6) is -0.0682. The number of halogens is 1. The van der Waals surface area contributed by atoms with Crippen LogP contribution < -0.4 is 21.7 Å². The molecule has 1 aliphatic rings. The van der Waals surface area contributed by atoms with Crippen molar-refractivity contribution < 1.29 is 4.79 Å². The van der Waals surface area contributed by atoms with Crippen LogP contribution in [-0.2, 0) is 11.3 Å². The first-order valence-corrected chi connectivity index (χ1v) is 7.45. The molecule has 0 spiro atoms. The quantitative estimate of drug-likeness (QED) is 0.693. The first kappa shape index (κ1) is 15.0. The molecule has 22 heavy (non-hydrogen) atoms. The number of carbonyl (C=O) groups excluding carboxylic acids is 1. The van der Waals surface area contributed by atoms with Gasteiger partial charge >= 0.3 is 0 Å². The van der Waals surface area contributed by atoms with E-state index in [-0.39, 0.29) is 18.0 Å². The van der Waals surface area contributed by atoms with Gasteiger partial charge in [0.2, 0.25) is 5.91 Å². The molecule has 2 unspecified atom stereocenters. The minimum absolute atomic E-state index is 0.0682. The summed E-state index contributed by atoms with van der Waals surface area (Å²) in [5, 5.41) is 3.62. The number of nitrogens with one attached hydrogen (secondary N) is 4. The Labute approximate surface area is 134 Å². The molecule has 6 heteroatoms. The summed E-state index contributed by atoms with van der Waals surface area (Å²) in [7, 11) is 0. The topological polar surface area (TPSA) is 65.2 Å². The van der Waals surface area contributed by atoms with Gasteiger partial charge in [0.25, 0.3) is 0 Å². The highest BCUT2D eigenvalue weighted by atomic mass is 35.5. The SMILES string of the molecule is O=C(NCc1ccc(Cl)cc1)C1NNNC1c1ccccc1. The van der Waals surface area contributed by atoms with Gasteiger partial charge in [-0.25, -0.2) is 10.9 Å². The molecule has 1 heterocycles. The highest BCUT2D eigenvalue weighted by Crippen LogP contribution is 2.18. The van der Waals surface area contributed by atoms with E-state index in [2.05, 4.69) is 21.7 Å².